The maximum Gasteiger partial charge on any atom is 0.120 e. The number of hydrogen-bond donors (Lipinski definition) is 2. The van der Waals surface area contributed by atoms with E-state index in [4.69, 9.17) is 5.73 Å². The molecule has 0 radical (unpaired) electrons. The standard InChI is InChI=1S/C12H17NO/c1-8(2)6-11(13)10-5-4-9(3)7-12(10)14/h4-5,7,11,14H,1,6,13H2,2-3H3/t11-/m0/s1. The summed E-state index contributed by atoms with van der Waals surface area (Å²) in [6.45, 7) is 7.68. The lowest BCUT2D eigenvalue weighted by Gasteiger charge is -2.13. The van der Waals surface area contributed by atoms with Crippen LogP contribution in [0.25, 0.3) is 0 Å². The lowest BCUT2D eigenvalue weighted by molar-refractivity contribution is 0.460. The third-order valence-corrected chi connectivity index (χ3v) is 2.15. The van der Waals surface area contributed by atoms with Crippen LogP contribution >= 0.6 is 0 Å². The van der Waals surface area contributed by atoms with Gasteiger partial charge >= 0.3 is 0 Å². The predicted molar refractivity (Wildman–Crippen MR) is 59.2 cm³/mol. The minimum Gasteiger partial charge on any atom is -0.508 e. The number of phenolic OH excluding ortho intramolecular Hbond substituents is 1. The van der Waals surface area contributed by atoms with Crippen molar-refractivity contribution < 1.29 is 5.11 Å². The molecule has 0 aliphatic rings. The monoisotopic (exact) mass is 191 g/mol. The van der Waals surface area contributed by atoms with Gasteiger partial charge in [-0.3, -0.25) is 0 Å². The summed E-state index contributed by atoms with van der Waals surface area (Å²) in [4.78, 5) is 0. The smallest absolute Gasteiger partial charge is 0.120 e. The first kappa shape index (κ1) is 10.8. The maximum absolute atomic E-state index is 9.66. The average Bonchev–Trinajstić information content (AvgIpc) is 2.01. The maximum atomic E-state index is 9.66. The molecule has 2 heteroatoms. The van der Waals surface area contributed by atoms with E-state index < -0.39 is 0 Å². The van der Waals surface area contributed by atoms with Gasteiger partial charge in [-0.25, -0.2) is 0 Å². The zero-order valence-electron chi connectivity index (χ0n) is 8.75. The predicted octanol–water partition coefficient (Wildman–Crippen LogP) is 2.67. The first-order valence-electron chi connectivity index (χ1n) is 4.70. The summed E-state index contributed by atoms with van der Waals surface area (Å²) in [6, 6.07) is 5.40. The lowest BCUT2D eigenvalue weighted by atomic mass is 9.99. The molecule has 0 heterocycles. The van der Waals surface area contributed by atoms with E-state index in [0.29, 0.717) is 6.42 Å². The largest absolute Gasteiger partial charge is 0.508 e. The van der Waals surface area contributed by atoms with E-state index in [0.717, 1.165) is 16.7 Å². The van der Waals surface area contributed by atoms with E-state index in [2.05, 4.69) is 6.58 Å². The summed E-state index contributed by atoms with van der Waals surface area (Å²) in [5.74, 6) is 0.277. The van der Waals surface area contributed by atoms with Gasteiger partial charge in [0.05, 0.1) is 0 Å². The molecule has 1 atom stereocenters. The molecule has 0 saturated heterocycles. The minimum absolute atomic E-state index is 0.159. The summed E-state index contributed by atoms with van der Waals surface area (Å²) in [5, 5.41) is 9.66. The molecule has 1 aromatic carbocycles. The van der Waals surface area contributed by atoms with E-state index >= 15 is 0 Å². The van der Waals surface area contributed by atoms with E-state index in [-0.39, 0.29) is 11.8 Å². The number of aromatic hydroxyl groups is 1. The Morgan fingerprint density at radius 3 is 2.71 bits per heavy atom. The third kappa shape index (κ3) is 2.60. The highest BCUT2D eigenvalue weighted by Gasteiger charge is 2.10. The van der Waals surface area contributed by atoms with E-state index in [1.165, 1.54) is 0 Å². The average molecular weight is 191 g/mol. The van der Waals surface area contributed by atoms with Crippen molar-refractivity contribution in [3.63, 3.8) is 0 Å². The van der Waals surface area contributed by atoms with Crippen LogP contribution in [0.3, 0.4) is 0 Å². The van der Waals surface area contributed by atoms with Gasteiger partial charge in [0.1, 0.15) is 5.75 Å². The Morgan fingerprint density at radius 2 is 2.21 bits per heavy atom. The topological polar surface area (TPSA) is 46.2 Å². The summed E-state index contributed by atoms with van der Waals surface area (Å²) in [7, 11) is 0. The molecule has 0 spiro atoms. The van der Waals surface area contributed by atoms with Crippen LogP contribution in [0.1, 0.15) is 30.5 Å². The highest BCUT2D eigenvalue weighted by Crippen LogP contribution is 2.27. The number of benzene rings is 1. The second-order valence-electron chi connectivity index (χ2n) is 3.83. The Bertz CT molecular complexity index is 344. The molecule has 2 nitrogen and oxygen atoms in total. The van der Waals surface area contributed by atoms with E-state index in [9.17, 15) is 5.11 Å². The molecule has 0 aromatic heterocycles. The first-order valence-corrected chi connectivity index (χ1v) is 4.70. The van der Waals surface area contributed by atoms with Gasteiger partial charge in [-0.15, -0.1) is 6.58 Å². The molecule has 0 aliphatic heterocycles. The quantitative estimate of drug-likeness (QED) is 0.721. The molecule has 0 unspecified atom stereocenters. The number of phenols is 1. The van der Waals surface area contributed by atoms with E-state index in [1.54, 1.807) is 6.07 Å². The van der Waals surface area contributed by atoms with Crippen LogP contribution in [0.15, 0.2) is 30.4 Å². The highest BCUT2D eigenvalue weighted by molar-refractivity contribution is 5.38. The van der Waals surface area contributed by atoms with Gasteiger partial charge in [0.2, 0.25) is 0 Å². The van der Waals surface area contributed by atoms with E-state index in [1.807, 2.05) is 26.0 Å². The van der Waals surface area contributed by atoms with Gasteiger partial charge in [-0.1, -0.05) is 17.7 Å². The molecular weight excluding hydrogens is 174 g/mol. The van der Waals surface area contributed by atoms with Gasteiger partial charge in [-0.2, -0.15) is 0 Å². The molecule has 76 valence electrons. The molecule has 0 saturated carbocycles. The van der Waals surface area contributed by atoms with Crippen molar-refractivity contribution in [1.29, 1.82) is 0 Å². The van der Waals surface area contributed by atoms with Crippen LogP contribution in [-0.2, 0) is 0 Å². The van der Waals surface area contributed by atoms with Crippen LogP contribution < -0.4 is 5.73 Å². The molecule has 1 rings (SSSR count). The van der Waals surface area contributed by atoms with Crippen molar-refractivity contribution in [2.75, 3.05) is 0 Å². The molecule has 3 N–H and O–H groups in total. The first-order chi connectivity index (χ1) is 6.50. The van der Waals surface area contributed by atoms with Gasteiger partial charge in [0.25, 0.3) is 0 Å². The fraction of sp³-hybridized carbons (Fsp3) is 0.333. The number of hydrogen-bond acceptors (Lipinski definition) is 2. The van der Waals surface area contributed by atoms with Crippen LogP contribution in [0.5, 0.6) is 5.75 Å². The molecule has 0 aliphatic carbocycles. The Labute approximate surface area is 85.1 Å². The van der Waals surface area contributed by atoms with Crippen molar-refractivity contribution in [1.82, 2.24) is 0 Å². The normalized spacial score (nSPS) is 12.5. The number of aryl methyl sites for hydroxylation is 1. The molecule has 0 amide bonds. The zero-order valence-corrected chi connectivity index (χ0v) is 8.75. The molecule has 0 fully saturated rings. The van der Waals surface area contributed by atoms with Gasteiger partial charge in [0, 0.05) is 11.6 Å². The van der Waals surface area contributed by atoms with Gasteiger partial charge in [-0.05, 0) is 31.9 Å². The Morgan fingerprint density at radius 1 is 1.57 bits per heavy atom. The van der Waals surface area contributed by atoms with Crippen molar-refractivity contribution in [3.05, 3.63) is 41.5 Å². The number of nitrogens with two attached hydrogens (primary N) is 1. The fourth-order valence-corrected chi connectivity index (χ4v) is 1.45. The second kappa shape index (κ2) is 4.29. The summed E-state index contributed by atoms with van der Waals surface area (Å²) in [6.07, 6.45) is 0.705. The molecule has 14 heavy (non-hydrogen) atoms. The number of rotatable bonds is 3. The van der Waals surface area contributed by atoms with Crippen LogP contribution in [0, 0.1) is 6.92 Å². The molecule has 1 aromatic rings. The summed E-state index contributed by atoms with van der Waals surface area (Å²) < 4.78 is 0. The van der Waals surface area contributed by atoms with Crippen molar-refractivity contribution >= 4 is 0 Å². The van der Waals surface area contributed by atoms with Gasteiger partial charge in [0.15, 0.2) is 0 Å². The highest BCUT2D eigenvalue weighted by atomic mass is 16.3. The lowest BCUT2D eigenvalue weighted by Crippen LogP contribution is -2.10. The van der Waals surface area contributed by atoms with Crippen LogP contribution in [-0.4, -0.2) is 5.11 Å². The van der Waals surface area contributed by atoms with Crippen molar-refractivity contribution in [2.45, 2.75) is 26.3 Å². The molecular formula is C12H17NO. The Kier molecular flexibility index (Phi) is 3.31. The summed E-state index contributed by atoms with van der Waals surface area (Å²) in [5.41, 5.74) is 8.78. The Hall–Kier alpha value is -1.28. The second-order valence-corrected chi connectivity index (χ2v) is 3.83. The molecule has 0 bridgehead atoms. The van der Waals surface area contributed by atoms with Gasteiger partial charge < -0.3 is 10.8 Å². The SMILES string of the molecule is C=C(C)C[C@H](N)c1ccc(C)cc1O. The summed E-state index contributed by atoms with van der Waals surface area (Å²) >= 11 is 0. The Balaban J connectivity index is 2.90. The van der Waals surface area contributed by atoms with Crippen molar-refractivity contribution in [2.24, 2.45) is 5.73 Å². The fourth-order valence-electron chi connectivity index (χ4n) is 1.45. The van der Waals surface area contributed by atoms with Crippen LogP contribution in [0.4, 0.5) is 0 Å². The third-order valence-electron chi connectivity index (χ3n) is 2.15. The van der Waals surface area contributed by atoms with Crippen molar-refractivity contribution in [3.8, 4) is 5.75 Å². The van der Waals surface area contributed by atoms with Crippen LogP contribution in [0.2, 0.25) is 0 Å². The zero-order chi connectivity index (χ0) is 10.7. The minimum atomic E-state index is -0.159.